The van der Waals surface area contributed by atoms with Crippen LogP contribution >= 0.6 is 11.3 Å². The van der Waals surface area contributed by atoms with E-state index in [2.05, 4.69) is 205 Å². The van der Waals surface area contributed by atoms with Crippen LogP contribution in [-0.2, 0) is 5.41 Å². The van der Waals surface area contributed by atoms with Gasteiger partial charge in [0.1, 0.15) is 0 Å². The number of hydrogen-bond donors (Lipinski definition) is 0. The summed E-state index contributed by atoms with van der Waals surface area (Å²) in [6.07, 6.45) is 0. The summed E-state index contributed by atoms with van der Waals surface area (Å²) >= 11 is 1.86. The van der Waals surface area contributed by atoms with Crippen molar-refractivity contribution in [3.63, 3.8) is 0 Å². The molecule has 10 rings (SSSR count). The van der Waals surface area contributed by atoms with Crippen LogP contribution in [0.4, 0.5) is 17.1 Å². The highest BCUT2D eigenvalue weighted by Crippen LogP contribution is 2.57. The lowest BCUT2D eigenvalue weighted by Crippen LogP contribution is -2.28. The molecular weight excluding hydrogens is 635 g/mol. The lowest BCUT2D eigenvalue weighted by Gasteiger charge is -2.35. The third kappa shape index (κ3) is 4.68. The van der Waals surface area contributed by atoms with Gasteiger partial charge in [0.15, 0.2) is 0 Å². The van der Waals surface area contributed by atoms with E-state index in [4.69, 9.17) is 0 Å². The SMILES string of the molecule is c1ccc(N(c2cccc(-c3ccc4sc5ccccc5c4c3)c2)c2ccc3c(c2)C(c2ccccc2)(c2ccccc2)c2ccccc2-3)cc1. The topological polar surface area (TPSA) is 3.24 Å². The summed E-state index contributed by atoms with van der Waals surface area (Å²) in [5.41, 5.74) is 13.0. The van der Waals surface area contributed by atoms with E-state index in [-0.39, 0.29) is 0 Å². The van der Waals surface area contributed by atoms with Crippen LogP contribution in [-0.4, -0.2) is 0 Å². The number of fused-ring (bicyclic) bond motifs is 6. The van der Waals surface area contributed by atoms with E-state index in [1.54, 1.807) is 0 Å². The van der Waals surface area contributed by atoms with Crippen molar-refractivity contribution in [3.8, 4) is 22.3 Å². The molecule has 2 heteroatoms. The van der Waals surface area contributed by atoms with Crippen LogP contribution in [0.1, 0.15) is 22.3 Å². The van der Waals surface area contributed by atoms with Gasteiger partial charge in [-0.25, -0.2) is 0 Å². The largest absolute Gasteiger partial charge is 0.310 e. The molecule has 0 amide bonds. The van der Waals surface area contributed by atoms with Gasteiger partial charge in [0.2, 0.25) is 0 Å². The van der Waals surface area contributed by atoms with Gasteiger partial charge < -0.3 is 4.90 Å². The molecule has 9 aromatic rings. The average Bonchev–Trinajstić information content (AvgIpc) is 3.72. The molecule has 0 bridgehead atoms. The second-order valence-electron chi connectivity index (χ2n) is 13.3. The Kier molecular flexibility index (Phi) is 6.97. The van der Waals surface area contributed by atoms with Crippen molar-refractivity contribution in [3.05, 3.63) is 222 Å². The van der Waals surface area contributed by atoms with E-state index < -0.39 is 5.41 Å². The fourth-order valence-electron chi connectivity index (χ4n) is 8.33. The van der Waals surface area contributed by atoms with Crippen molar-refractivity contribution < 1.29 is 0 Å². The summed E-state index contributed by atoms with van der Waals surface area (Å²) in [7, 11) is 0. The molecule has 0 fully saturated rings. The Balaban J connectivity index is 1.18. The van der Waals surface area contributed by atoms with E-state index in [9.17, 15) is 0 Å². The van der Waals surface area contributed by atoms with Crippen LogP contribution in [0.15, 0.2) is 200 Å². The Labute approximate surface area is 302 Å². The van der Waals surface area contributed by atoms with Gasteiger partial charge in [-0.15, -0.1) is 11.3 Å². The van der Waals surface area contributed by atoms with E-state index in [1.807, 2.05) is 11.3 Å². The smallest absolute Gasteiger partial charge is 0.0714 e. The Morgan fingerprint density at radius 3 is 1.73 bits per heavy atom. The van der Waals surface area contributed by atoms with Crippen molar-refractivity contribution in [1.29, 1.82) is 0 Å². The molecule has 0 saturated heterocycles. The lowest BCUT2D eigenvalue weighted by atomic mass is 9.67. The molecular formula is C49H33NS. The minimum absolute atomic E-state index is 0.465. The fraction of sp³-hybridized carbons (Fsp3) is 0.0204. The second-order valence-corrected chi connectivity index (χ2v) is 14.4. The maximum Gasteiger partial charge on any atom is 0.0714 e. The lowest BCUT2D eigenvalue weighted by molar-refractivity contribution is 0.768. The van der Waals surface area contributed by atoms with Crippen LogP contribution < -0.4 is 4.90 Å². The third-order valence-corrected chi connectivity index (χ3v) is 11.7. The van der Waals surface area contributed by atoms with Gasteiger partial charge in [-0.3, -0.25) is 0 Å². The Morgan fingerprint density at radius 2 is 0.941 bits per heavy atom. The Morgan fingerprint density at radius 1 is 0.353 bits per heavy atom. The van der Waals surface area contributed by atoms with Crippen LogP contribution in [0, 0.1) is 0 Å². The molecule has 0 spiro atoms. The molecule has 0 N–H and O–H groups in total. The zero-order valence-corrected chi connectivity index (χ0v) is 28.7. The molecule has 0 aliphatic heterocycles. The molecule has 1 heterocycles. The predicted molar refractivity (Wildman–Crippen MR) is 217 cm³/mol. The number of benzene rings is 8. The highest BCUT2D eigenvalue weighted by molar-refractivity contribution is 7.25. The fourth-order valence-corrected chi connectivity index (χ4v) is 9.41. The standard InChI is InChI=1S/C49H33NS/c1-4-16-36(17-5-1)49(37-18-6-2-7-19-37)45-25-12-10-23-41(45)42-29-28-40(33-46(42)49)50(38-20-8-3-9-21-38)39-22-14-15-34(31-39)35-27-30-48-44(32-35)43-24-11-13-26-47(43)51-48/h1-33H. The molecule has 1 aromatic heterocycles. The molecule has 8 aromatic carbocycles. The van der Waals surface area contributed by atoms with Gasteiger partial charge >= 0.3 is 0 Å². The van der Waals surface area contributed by atoms with Crippen LogP contribution in [0.3, 0.4) is 0 Å². The first-order valence-corrected chi connectivity index (χ1v) is 18.3. The van der Waals surface area contributed by atoms with Gasteiger partial charge in [-0.2, -0.15) is 0 Å². The summed E-state index contributed by atoms with van der Waals surface area (Å²) in [4.78, 5) is 2.41. The number of thiophene rings is 1. The first-order chi connectivity index (χ1) is 25.3. The molecule has 1 aliphatic rings. The third-order valence-electron chi connectivity index (χ3n) is 10.5. The molecule has 0 unspecified atom stereocenters. The zero-order valence-electron chi connectivity index (χ0n) is 27.9. The van der Waals surface area contributed by atoms with Gasteiger partial charge in [0, 0.05) is 37.2 Å². The molecule has 1 nitrogen and oxygen atoms in total. The number of nitrogens with zero attached hydrogens (tertiary/aromatic N) is 1. The second kappa shape index (κ2) is 12.0. The number of hydrogen-bond acceptors (Lipinski definition) is 2. The average molecular weight is 668 g/mol. The Hall–Kier alpha value is -6.22. The molecule has 240 valence electrons. The minimum Gasteiger partial charge on any atom is -0.310 e. The summed E-state index contributed by atoms with van der Waals surface area (Å²) in [5.74, 6) is 0. The molecule has 0 saturated carbocycles. The highest BCUT2D eigenvalue weighted by Gasteiger charge is 2.46. The van der Waals surface area contributed by atoms with Crippen LogP contribution in [0.25, 0.3) is 42.4 Å². The summed E-state index contributed by atoms with van der Waals surface area (Å²) in [6, 6.07) is 73.5. The normalized spacial score (nSPS) is 12.9. The number of rotatable bonds is 6. The first-order valence-electron chi connectivity index (χ1n) is 17.5. The number of anilines is 3. The van der Waals surface area contributed by atoms with Crippen molar-refractivity contribution in [2.75, 3.05) is 4.90 Å². The quantitative estimate of drug-likeness (QED) is 0.171. The molecule has 0 atom stereocenters. The summed E-state index contributed by atoms with van der Waals surface area (Å²) in [5, 5.41) is 2.63. The highest BCUT2D eigenvalue weighted by atomic mass is 32.1. The van der Waals surface area contributed by atoms with Crippen molar-refractivity contribution in [2.24, 2.45) is 0 Å². The monoisotopic (exact) mass is 667 g/mol. The van der Waals surface area contributed by atoms with Gasteiger partial charge in [0.05, 0.1) is 5.41 Å². The van der Waals surface area contributed by atoms with E-state index >= 15 is 0 Å². The van der Waals surface area contributed by atoms with Gasteiger partial charge in [-0.05, 0) is 99.1 Å². The maximum atomic E-state index is 2.44. The van der Waals surface area contributed by atoms with Gasteiger partial charge in [-0.1, -0.05) is 146 Å². The van der Waals surface area contributed by atoms with Crippen LogP contribution in [0.2, 0.25) is 0 Å². The number of para-hydroxylation sites is 1. The van der Waals surface area contributed by atoms with Crippen LogP contribution in [0.5, 0.6) is 0 Å². The van der Waals surface area contributed by atoms with E-state index in [1.165, 1.54) is 64.7 Å². The van der Waals surface area contributed by atoms with Crippen molar-refractivity contribution >= 4 is 48.6 Å². The summed E-state index contributed by atoms with van der Waals surface area (Å²) in [6.45, 7) is 0. The predicted octanol–water partition coefficient (Wildman–Crippen LogP) is 13.6. The zero-order chi connectivity index (χ0) is 33.8. The summed E-state index contributed by atoms with van der Waals surface area (Å²) < 4.78 is 2.65. The molecule has 0 radical (unpaired) electrons. The maximum absolute atomic E-state index is 2.44. The van der Waals surface area contributed by atoms with E-state index in [0.29, 0.717) is 0 Å². The minimum atomic E-state index is -0.465. The first kappa shape index (κ1) is 29.7. The molecule has 1 aliphatic carbocycles. The van der Waals surface area contributed by atoms with Crippen molar-refractivity contribution in [1.82, 2.24) is 0 Å². The van der Waals surface area contributed by atoms with Gasteiger partial charge in [0.25, 0.3) is 0 Å². The van der Waals surface area contributed by atoms with Crippen molar-refractivity contribution in [2.45, 2.75) is 5.41 Å². The Bertz CT molecular complexity index is 2650. The molecule has 51 heavy (non-hydrogen) atoms. The van der Waals surface area contributed by atoms with E-state index in [0.717, 1.165) is 17.1 Å².